The molecule has 15 heavy (non-hydrogen) atoms. The maximum absolute atomic E-state index is 11.0. The number of hydrogen-bond acceptors (Lipinski definition) is 2. The van der Waals surface area contributed by atoms with Gasteiger partial charge < -0.3 is 10.2 Å². The van der Waals surface area contributed by atoms with E-state index >= 15 is 0 Å². The van der Waals surface area contributed by atoms with E-state index in [-0.39, 0.29) is 6.61 Å². The summed E-state index contributed by atoms with van der Waals surface area (Å²) in [5.74, 6) is -1.23. The Hall–Kier alpha value is -1.35. The van der Waals surface area contributed by atoms with Gasteiger partial charge in [0.25, 0.3) is 0 Å². The molecular formula is C12H16O3. The summed E-state index contributed by atoms with van der Waals surface area (Å²) in [4.78, 5) is 11.0. The van der Waals surface area contributed by atoms with E-state index in [1.807, 2.05) is 31.2 Å². The molecule has 0 heterocycles. The van der Waals surface area contributed by atoms with E-state index in [0.717, 1.165) is 11.1 Å². The molecule has 0 saturated heterocycles. The number of aliphatic hydroxyl groups is 1. The summed E-state index contributed by atoms with van der Waals surface area (Å²) in [7, 11) is 0. The Balaban J connectivity index is 2.92. The molecule has 3 heteroatoms. The highest BCUT2D eigenvalue weighted by molar-refractivity contribution is 5.76. The van der Waals surface area contributed by atoms with Gasteiger partial charge >= 0.3 is 5.97 Å². The van der Waals surface area contributed by atoms with Gasteiger partial charge in [-0.1, -0.05) is 31.2 Å². The molecule has 0 saturated carbocycles. The molecule has 0 aromatic heterocycles. The molecule has 1 rings (SSSR count). The van der Waals surface area contributed by atoms with Crippen molar-refractivity contribution in [3.63, 3.8) is 0 Å². The predicted molar refractivity (Wildman–Crippen MR) is 57.9 cm³/mol. The summed E-state index contributed by atoms with van der Waals surface area (Å²) in [6.45, 7) is 1.95. The fourth-order valence-corrected chi connectivity index (χ4v) is 1.65. The van der Waals surface area contributed by atoms with Gasteiger partial charge in [0.2, 0.25) is 0 Å². The van der Waals surface area contributed by atoms with Crippen molar-refractivity contribution >= 4 is 5.97 Å². The van der Waals surface area contributed by atoms with Crippen molar-refractivity contribution in [2.24, 2.45) is 0 Å². The minimum atomic E-state index is -0.793. The number of aliphatic carboxylic acids is 1. The first-order valence-corrected chi connectivity index (χ1v) is 5.11. The topological polar surface area (TPSA) is 57.5 Å². The van der Waals surface area contributed by atoms with Crippen LogP contribution in [0.15, 0.2) is 24.3 Å². The summed E-state index contributed by atoms with van der Waals surface area (Å²) in [6.07, 6.45) is 1.15. The second kappa shape index (κ2) is 5.51. The maximum Gasteiger partial charge on any atom is 0.310 e. The van der Waals surface area contributed by atoms with E-state index in [4.69, 9.17) is 10.2 Å². The Morgan fingerprint density at radius 2 is 2.20 bits per heavy atom. The van der Waals surface area contributed by atoms with E-state index in [1.165, 1.54) is 0 Å². The van der Waals surface area contributed by atoms with Gasteiger partial charge in [0.15, 0.2) is 0 Å². The Bertz CT molecular complexity index is 333. The van der Waals surface area contributed by atoms with Gasteiger partial charge in [-0.15, -0.1) is 0 Å². The average Bonchev–Trinajstić information content (AvgIpc) is 2.19. The van der Waals surface area contributed by atoms with Gasteiger partial charge in [-0.3, -0.25) is 4.79 Å². The average molecular weight is 208 g/mol. The van der Waals surface area contributed by atoms with Crippen LogP contribution in [0, 0.1) is 0 Å². The molecule has 0 radical (unpaired) electrons. The highest BCUT2D eigenvalue weighted by Crippen LogP contribution is 2.20. The second-order valence-electron chi connectivity index (χ2n) is 3.52. The van der Waals surface area contributed by atoms with Crippen LogP contribution < -0.4 is 0 Å². The van der Waals surface area contributed by atoms with Crippen LogP contribution in [0.3, 0.4) is 0 Å². The molecule has 1 atom stereocenters. The lowest BCUT2D eigenvalue weighted by Gasteiger charge is -2.11. The molecule has 0 aliphatic heterocycles. The number of carboxylic acids is 1. The molecule has 0 fully saturated rings. The third kappa shape index (κ3) is 3.06. The van der Waals surface area contributed by atoms with Crippen molar-refractivity contribution in [2.45, 2.75) is 25.7 Å². The van der Waals surface area contributed by atoms with E-state index in [1.54, 1.807) is 0 Å². The Kier molecular flexibility index (Phi) is 4.31. The number of aliphatic hydroxyl groups excluding tert-OH is 1. The van der Waals surface area contributed by atoms with Crippen molar-refractivity contribution in [2.75, 3.05) is 6.61 Å². The normalized spacial score (nSPS) is 12.4. The number of benzene rings is 1. The van der Waals surface area contributed by atoms with Crippen molar-refractivity contribution in [3.05, 3.63) is 35.4 Å². The SMILES string of the molecule is CCC(C(=O)O)c1cccc(CCO)c1. The fourth-order valence-electron chi connectivity index (χ4n) is 1.65. The molecule has 0 amide bonds. The first-order chi connectivity index (χ1) is 7.19. The lowest BCUT2D eigenvalue weighted by molar-refractivity contribution is -0.138. The highest BCUT2D eigenvalue weighted by Gasteiger charge is 2.17. The standard InChI is InChI=1S/C12H16O3/c1-2-11(12(14)15)10-5-3-4-9(8-10)6-7-13/h3-5,8,11,13H,2,6-7H2,1H3,(H,14,15). The van der Waals surface area contributed by atoms with Gasteiger partial charge in [0, 0.05) is 6.61 Å². The summed E-state index contributed by atoms with van der Waals surface area (Å²) in [5.41, 5.74) is 1.80. The third-order valence-electron chi connectivity index (χ3n) is 2.46. The van der Waals surface area contributed by atoms with Crippen LogP contribution in [-0.2, 0) is 11.2 Å². The molecule has 82 valence electrons. The van der Waals surface area contributed by atoms with Crippen LogP contribution in [0.5, 0.6) is 0 Å². The lowest BCUT2D eigenvalue weighted by Crippen LogP contribution is -2.10. The zero-order valence-electron chi connectivity index (χ0n) is 8.81. The number of hydrogen-bond donors (Lipinski definition) is 2. The van der Waals surface area contributed by atoms with Crippen molar-refractivity contribution in [3.8, 4) is 0 Å². The Morgan fingerprint density at radius 3 is 2.73 bits per heavy atom. The molecule has 2 N–H and O–H groups in total. The lowest BCUT2D eigenvalue weighted by atomic mass is 9.94. The fraction of sp³-hybridized carbons (Fsp3) is 0.417. The molecule has 3 nitrogen and oxygen atoms in total. The smallest absolute Gasteiger partial charge is 0.310 e. The highest BCUT2D eigenvalue weighted by atomic mass is 16.4. The second-order valence-corrected chi connectivity index (χ2v) is 3.52. The monoisotopic (exact) mass is 208 g/mol. The van der Waals surface area contributed by atoms with Crippen LogP contribution in [0.1, 0.15) is 30.4 Å². The minimum Gasteiger partial charge on any atom is -0.481 e. The van der Waals surface area contributed by atoms with E-state index in [2.05, 4.69) is 0 Å². The molecular weight excluding hydrogens is 192 g/mol. The van der Waals surface area contributed by atoms with E-state index < -0.39 is 11.9 Å². The molecule has 1 aromatic carbocycles. The molecule has 1 unspecified atom stereocenters. The van der Waals surface area contributed by atoms with Gasteiger partial charge in [-0.25, -0.2) is 0 Å². The zero-order chi connectivity index (χ0) is 11.3. The minimum absolute atomic E-state index is 0.0906. The third-order valence-corrected chi connectivity index (χ3v) is 2.46. The first kappa shape index (κ1) is 11.7. The Morgan fingerprint density at radius 1 is 1.47 bits per heavy atom. The molecule has 0 spiro atoms. The number of rotatable bonds is 5. The first-order valence-electron chi connectivity index (χ1n) is 5.11. The van der Waals surface area contributed by atoms with E-state index in [0.29, 0.717) is 12.8 Å². The van der Waals surface area contributed by atoms with Crippen LogP contribution in [0.25, 0.3) is 0 Å². The molecule has 0 bridgehead atoms. The molecule has 0 aliphatic carbocycles. The van der Waals surface area contributed by atoms with Crippen LogP contribution >= 0.6 is 0 Å². The number of carbonyl (C=O) groups is 1. The van der Waals surface area contributed by atoms with Crippen LogP contribution in [0.4, 0.5) is 0 Å². The Labute approximate surface area is 89.4 Å². The van der Waals surface area contributed by atoms with Crippen molar-refractivity contribution in [1.29, 1.82) is 0 Å². The molecule has 0 aliphatic rings. The summed E-state index contributed by atoms with van der Waals surface area (Å²) in [5, 5.41) is 17.8. The summed E-state index contributed by atoms with van der Waals surface area (Å²) in [6, 6.07) is 7.42. The number of carboxylic acid groups (broad SMARTS) is 1. The van der Waals surface area contributed by atoms with Crippen molar-refractivity contribution in [1.82, 2.24) is 0 Å². The molecule has 1 aromatic rings. The van der Waals surface area contributed by atoms with Crippen molar-refractivity contribution < 1.29 is 15.0 Å². The van der Waals surface area contributed by atoms with Gasteiger partial charge in [0.05, 0.1) is 5.92 Å². The zero-order valence-corrected chi connectivity index (χ0v) is 8.81. The van der Waals surface area contributed by atoms with Gasteiger partial charge in [-0.05, 0) is 24.0 Å². The van der Waals surface area contributed by atoms with Gasteiger partial charge in [-0.2, -0.15) is 0 Å². The van der Waals surface area contributed by atoms with Crippen LogP contribution in [-0.4, -0.2) is 22.8 Å². The van der Waals surface area contributed by atoms with Crippen LogP contribution in [0.2, 0.25) is 0 Å². The quantitative estimate of drug-likeness (QED) is 0.775. The summed E-state index contributed by atoms with van der Waals surface area (Å²) >= 11 is 0. The van der Waals surface area contributed by atoms with E-state index in [9.17, 15) is 4.79 Å². The predicted octanol–water partition coefficient (Wildman–Crippen LogP) is 1.80. The largest absolute Gasteiger partial charge is 0.481 e. The summed E-state index contributed by atoms with van der Waals surface area (Å²) < 4.78 is 0. The van der Waals surface area contributed by atoms with Gasteiger partial charge in [0.1, 0.15) is 0 Å². The maximum atomic E-state index is 11.0.